The zero-order chi connectivity index (χ0) is 22.9. The molecule has 0 unspecified atom stereocenters. The third kappa shape index (κ3) is 4.19. The van der Waals surface area contributed by atoms with Gasteiger partial charge in [-0.1, -0.05) is 36.6 Å². The molecule has 2 fully saturated rings. The van der Waals surface area contributed by atoms with E-state index >= 15 is 0 Å². The molecule has 172 valence electrons. The van der Waals surface area contributed by atoms with Crippen molar-refractivity contribution in [3.8, 4) is 0 Å². The molecule has 0 spiro atoms. The van der Waals surface area contributed by atoms with Gasteiger partial charge in [-0.05, 0) is 36.6 Å². The van der Waals surface area contributed by atoms with Crippen molar-refractivity contribution in [1.29, 1.82) is 0 Å². The molecule has 2 heterocycles. The van der Waals surface area contributed by atoms with Gasteiger partial charge in [-0.2, -0.15) is 4.31 Å². The van der Waals surface area contributed by atoms with Crippen molar-refractivity contribution in [3.05, 3.63) is 51.9 Å². The van der Waals surface area contributed by atoms with Gasteiger partial charge in [0.2, 0.25) is 5.91 Å². The number of sulfonamides is 1. The molecular weight excluding hydrogens is 472 g/mol. The lowest BCUT2D eigenvalue weighted by Crippen LogP contribution is -2.54. The topological polar surface area (TPSA) is 84.0 Å². The standard InChI is InChI=1S/C22H25ClN2O5S2/c1-30-20(26)16-13-19(31-15-16)32(28,29)25-11-9-24(10-12-25)21(27)22(7-2-3-8-22)17-5-4-6-18(23)14-17/h4-6,13-15H,2-3,7-12H2,1H3. The van der Waals surface area contributed by atoms with E-state index in [0.29, 0.717) is 18.1 Å². The minimum absolute atomic E-state index is 0.0541. The van der Waals surface area contributed by atoms with E-state index in [9.17, 15) is 18.0 Å². The number of rotatable bonds is 5. The summed E-state index contributed by atoms with van der Waals surface area (Å²) in [7, 11) is -2.48. The van der Waals surface area contributed by atoms with Crippen LogP contribution >= 0.6 is 22.9 Å². The maximum atomic E-state index is 13.6. The van der Waals surface area contributed by atoms with E-state index in [1.165, 1.54) is 22.9 Å². The fourth-order valence-electron chi connectivity index (χ4n) is 4.63. The van der Waals surface area contributed by atoms with Crippen LogP contribution in [0.2, 0.25) is 5.02 Å². The second-order valence-corrected chi connectivity index (χ2v) is 11.7. The maximum Gasteiger partial charge on any atom is 0.338 e. The molecule has 1 saturated carbocycles. The zero-order valence-corrected chi connectivity index (χ0v) is 20.1. The number of carbonyl (C=O) groups excluding carboxylic acids is 2. The smallest absolute Gasteiger partial charge is 0.338 e. The van der Waals surface area contributed by atoms with E-state index in [2.05, 4.69) is 4.74 Å². The highest BCUT2D eigenvalue weighted by molar-refractivity contribution is 7.91. The predicted octanol–water partition coefficient (Wildman–Crippen LogP) is 3.53. The average molecular weight is 497 g/mol. The van der Waals surface area contributed by atoms with Crippen molar-refractivity contribution in [2.75, 3.05) is 33.3 Å². The monoisotopic (exact) mass is 496 g/mol. The number of amides is 1. The quantitative estimate of drug-likeness (QED) is 0.591. The zero-order valence-electron chi connectivity index (χ0n) is 17.8. The summed E-state index contributed by atoms with van der Waals surface area (Å²) in [4.78, 5) is 27.1. The summed E-state index contributed by atoms with van der Waals surface area (Å²) in [5.41, 5.74) is 0.570. The summed E-state index contributed by atoms with van der Waals surface area (Å²) in [5.74, 6) is -0.514. The first-order valence-corrected chi connectivity index (χ1v) is 13.2. The van der Waals surface area contributed by atoms with Gasteiger partial charge >= 0.3 is 5.97 Å². The Labute approximate surface area is 197 Å². The Morgan fingerprint density at radius 1 is 1.09 bits per heavy atom. The molecule has 2 aromatic rings. The molecular formula is C22H25ClN2O5S2. The number of hydrogen-bond donors (Lipinski definition) is 0. The molecule has 32 heavy (non-hydrogen) atoms. The van der Waals surface area contributed by atoms with E-state index in [-0.39, 0.29) is 28.8 Å². The van der Waals surface area contributed by atoms with Crippen LogP contribution in [-0.2, 0) is 25.0 Å². The third-order valence-electron chi connectivity index (χ3n) is 6.36. The summed E-state index contributed by atoms with van der Waals surface area (Å²) in [6, 6.07) is 8.86. The van der Waals surface area contributed by atoms with Gasteiger partial charge in [0.15, 0.2) is 0 Å². The molecule has 0 bridgehead atoms. The third-order valence-corrected chi connectivity index (χ3v) is 9.91. The highest BCUT2D eigenvalue weighted by Crippen LogP contribution is 2.43. The number of halogens is 1. The number of thiophene rings is 1. The van der Waals surface area contributed by atoms with E-state index in [4.69, 9.17) is 11.6 Å². The van der Waals surface area contributed by atoms with Gasteiger partial charge < -0.3 is 9.64 Å². The van der Waals surface area contributed by atoms with Crippen molar-refractivity contribution in [1.82, 2.24) is 9.21 Å². The summed E-state index contributed by atoms with van der Waals surface area (Å²) < 4.78 is 32.2. The first-order chi connectivity index (χ1) is 15.3. The molecule has 0 N–H and O–H groups in total. The summed E-state index contributed by atoms with van der Waals surface area (Å²) in [6.07, 6.45) is 3.51. The van der Waals surface area contributed by atoms with Gasteiger partial charge in [0.1, 0.15) is 4.21 Å². The number of carbonyl (C=O) groups is 2. The highest BCUT2D eigenvalue weighted by Gasteiger charge is 2.46. The van der Waals surface area contributed by atoms with Crippen molar-refractivity contribution in [2.24, 2.45) is 0 Å². The molecule has 2 aliphatic rings. The van der Waals surface area contributed by atoms with Crippen LogP contribution in [0.5, 0.6) is 0 Å². The Balaban J connectivity index is 1.48. The van der Waals surface area contributed by atoms with Crippen LogP contribution < -0.4 is 0 Å². The summed E-state index contributed by atoms with van der Waals surface area (Å²) in [6.45, 7) is 1.08. The second-order valence-electron chi connectivity index (χ2n) is 8.14. The van der Waals surface area contributed by atoms with Crippen LogP contribution in [0, 0.1) is 0 Å². The number of nitrogens with zero attached hydrogens (tertiary/aromatic N) is 2. The normalized spacial score (nSPS) is 19.1. The van der Waals surface area contributed by atoms with E-state index in [1.54, 1.807) is 11.0 Å². The van der Waals surface area contributed by atoms with Crippen LogP contribution in [0.15, 0.2) is 39.9 Å². The van der Waals surface area contributed by atoms with E-state index in [1.807, 2.05) is 18.2 Å². The Kier molecular flexibility index (Phi) is 6.63. The predicted molar refractivity (Wildman–Crippen MR) is 123 cm³/mol. The Morgan fingerprint density at radius 2 is 1.78 bits per heavy atom. The second kappa shape index (κ2) is 9.13. The SMILES string of the molecule is COC(=O)c1csc(S(=O)(=O)N2CCN(C(=O)C3(c4cccc(Cl)c4)CCCC3)CC2)c1. The Hall–Kier alpha value is -1.94. The minimum Gasteiger partial charge on any atom is -0.465 e. The molecule has 10 heteroatoms. The summed E-state index contributed by atoms with van der Waals surface area (Å²) in [5, 5.41) is 2.09. The first-order valence-electron chi connectivity index (χ1n) is 10.5. The molecule has 1 aliphatic heterocycles. The number of piperazine rings is 1. The van der Waals surface area contributed by atoms with Gasteiger partial charge in [0.25, 0.3) is 10.0 Å². The highest BCUT2D eigenvalue weighted by atomic mass is 35.5. The molecule has 1 amide bonds. The minimum atomic E-state index is -3.74. The Morgan fingerprint density at radius 3 is 2.41 bits per heavy atom. The number of hydrogen-bond acceptors (Lipinski definition) is 6. The van der Waals surface area contributed by atoms with Crippen LogP contribution in [0.4, 0.5) is 0 Å². The van der Waals surface area contributed by atoms with Gasteiger partial charge in [-0.15, -0.1) is 11.3 Å². The van der Waals surface area contributed by atoms with Gasteiger partial charge in [0.05, 0.1) is 18.1 Å². The number of ether oxygens (including phenoxy) is 1. The lowest BCUT2D eigenvalue weighted by atomic mass is 9.77. The van der Waals surface area contributed by atoms with Crippen molar-refractivity contribution >= 4 is 44.8 Å². The van der Waals surface area contributed by atoms with Crippen molar-refractivity contribution in [2.45, 2.75) is 35.3 Å². The number of benzene rings is 1. The molecule has 0 radical (unpaired) electrons. The van der Waals surface area contributed by atoms with Gasteiger partial charge in [0, 0.05) is 36.6 Å². The molecule has 0 atom stereocenters. The van der Waals surface area contributed by atoms with Crippen molar-refractivity contribution in [3.63, 3.8) is 0 Å². The average Bonchev–Trinajstić information content (AvgIpc) is 3.49. The van der Waals surface area contributed by atoms with E-state index < -0.39 is 21.4 Å². The lowest BCUT2D eigenvalue weighted by Gasteiger charge is -2.39. The van der Waals surface area contributed by atoms with Gasteiger partial charge in [-0.25, -0.2) is 13.2 Å². The van der Waals surface area contributed by atoms with Crippen molar-refractivity contribution < 1.29 is 22.7 Å². The molecule has 1 aliphatic carbocycles. The Bertz CT molecular complexity index is 1120. The number of esters is 1. The molecule has 7 nitrogen and oxygen atoms in total. The fraction of sp³-hybridized carbons (Fsp3) is 0.455. The lowest BCUT2D eigenvalue weighted by molar-refractivity contribution is -0.138. The maximum absolute atomic E-state index is 13.6. The fourth-order valence-corrected chi connectivity index (χ4v) is 7.54. The summed E-state index contributed by atoms with van der Waals surface area (Å²) >= 11 is 7.20. The first kappa shape index (κ1) is 23.2. The van der Waals surface area contributed by atoms with Crippen LogP contribution in [0.3, 0.4) is 0 Å². The largest absolute Gasteiger partial charge is 0.465 e. The van der Waals surface area contributed by atoms with Gasteiger partial charge in [-0.3, -0.25) is 4.79 Å². The molecule has 4 rings (SSSR count). The number of methoxy groups -OCH3 is 1. The van der Waals surface area contributed by atoms with Crippen LogP contribution in [0.1, 0.15) is 41.6 Å². The molecule has 1 aromatic carbocycles. The van der Waals surface area contributed by atoms with E-state index in [0.717, 1.165) is 42.6 Å². The van der Waals surface area contributed by atoms with Crippen LogP contribution in [0.25, 0.3) is 0 Å². The van der Waals surface area contributed by atoms with Crippen LogP contribution in [-0.4, -0.2) is 62.8 Å². The molecule has 1 aromatic heterocycles. The molecule has 1 saturated heterocycles.